The van der Waals surface area contributed by atoms with Crippen molar-refractivity contribution >= 4 is 5.97 Å². The van der Waals surface area contributed by atoms with E-state index in [2.05, 4.69) is 14.2 Å². The normalized spacial score (nSPS) is 15.2. The average molecular weight is 416 g/mol. The van der Waals surface area contributed by atoms with Crippen molar-refractivity contribution in [1.82, 2.24) is 0 Å². The van der Waals surface area contributed by atoms with Gasteiger partial charge in [0.2, 0.25) is 0 Å². The zero-order valence-electron chi connectivity index (χ0n) is 13.0. The average Bonchev–Trinajstić information content (AvgIpc) is 2.50. The number of carbonyl (C=O) groups is 1. The first kappa shape index (κ1) is 24.6. The molecule has 0 heterocycles. The number of methoxy groups -OCH3 is 3. The molecular weight excluding hydrogens is 405 g/mol. The summed E-state index contributed by atoms with van der Waals surface area (Å²) in [6, 6.07) is 0. The fraction of sp³-hybridized carbons (Fsp3) is 0.909. The molecule has 0 unspecified atom stereocenters. The second kappa shape index (κ2) is 6.98. The molecule has 0 aromatic carbocycles. The third-order valence-corrected chi connectivity index (χ3v) is 3.28. The first-order valence-corrected chi connectivity index (χ1v) is 6.08. The molecule has 0 aliphatic carbocycles. The van der Waals surface area contributed by atoms with Gasteiger partial charge in [0.25, 0.3) is 5.79 Å². The number of ether oxygens (including phenoxy) is 3. The summed E-state index contributed by atoms with van der Waals surface area (Å²) in [4.78, 5) is 11.0. The third-order valence-electron chi connectivity index (χ3n) is 3.28. The lowest BCUT2D eigenvalue weighted by Gasteiger charge is -2.44. The summed E-state index contributed by atoms with van der Waals surface area (Å²) in [6.45, 7) is 0. The molecule has 0 aliphatic heterocycles. The van der Waals surface area contributed by atoms with E-state index in [-0.39, 0.29) is 14.2 Å². The van der Waals surface area contributed by atoms with Crippen LogP contribution in [-0.4, -0.2) is 63.0 Å². The largest absolute Gasteiger partial charge is 0.469 e. The Balaban J connectivity index is 6.48. The lowest BCUT2D eigenvalue weighted by Crippen LogP contribution is -2.72. The van der Waals surface area contributed by atoms with Gasteiger partial charge in [-0.15, -0.1) is 0 Å². The van der Waals surface area contributed by atoms with E-state index in [1.54, 1.807) is 0 Å². The minimum Gasteiger partial charge on any atom is -0.469 e. The zero-order valence-corrected chi connectivity index (χ0v) is 13.0. The molecule has 0 spiro atoms. The van der Waals surface area contributed by atoms with Crippen molar-refractivity contribution in [2.24, 2.45) is 0 Å². The number of rotatable bonds is 8. The van der Waals surface area contributed by atoms with Crippen LogP contribution in [0.15, 0.2) is 0 Å². The van der Waals surface area contributed by atoms with Crippen LogP contribution in [0.2, 0.25) is 0 Å². The van der Waals surface area contributed by atoms with Crippen LogP contribution < -0.4 is 0 Å². The summed E-state index contributed by atoms with van der Waals surface area (Å²) < 4.78 is 155. The van der Waals surface area contributed by atoms with Gasteiger partial charge in [-0.3, -0.25) is 4.79 Å². The first-order chi connectivity index (χ1) is 11.3. The van der Waals surface area contributed by atoms with Gasteiger partial charge in [0.05, 0.1) is 7.11 Å². The highest BCUT2D eigenvalue weighted by Crippen LogP contribution is 2.60. The number of esters is 1. The van der Waals surface area contributed by atoms with Crippen LogP contribution in [0.5, 0.6) is 0 Å². The van der Waals surface area contributed by atoms with Gasteiger partial charge < -0.3 is 14.2 Å². The highest BCUT2D eigenvalue weighted by Gasteiger charge is 2.90. The number of carbonyl (C=O) groups excluding carboxylic acids is 1. The van der Waals surface area contributed by atoms with Crippen LogP contribution in [0.25, 0.3) is 0 Å². The number of halogens is 11. The maximum atomic E-state index is 14.0. The van der Waals surface area contributed by atoms with E-state index >= 15 is 0 Å². The van der Waals surface area contributed by atoms with E-state index in [0.29, 0.717) is 7.11 Å². The van der Waals surface area contributed by atoms with Crippen molar-refractivity contribution in [2.75, 3.05) is 21.3 Å². The van der Waals surface area contributed by atoms with Crippen molar-refractivity contribution in [1.29, 1.82) is 0 Å². The fourth-order valence-electron chi connectivity index (χ4n) is 1.67. The number of hydrogen-bond donors (Lipinski definition) is 0. The van der Waals surface area contributed by atoms with E-state index < -0.39 is 48.0 Å². The molecule has 0 saturated carbocycles. The Labute approximate surface area is 138 Å². The molecule has 0 rings (SSSR count). The summed E-state index contributed by atoms with van der Waals surface area (Å²) in [7, 11) is 0.814. The van der Waals surface area contributed by atoms with Gasteiger partial charge >= 0.3 is 35.8 Å². The second-order valence-electron chi connectivity index (χ2n) is 4.71. The molecule has 0 atom stereocenters. The molecule has 0 amide bonds. The van der Waals surface area contributed by atoms with E-state index in [1.807, 2.05) is 0 Å². The molecule has 0 aliphatic rings. The van der Waals surface area contributed by atoms with E-state index in [4.69, 9.17) is 0 Å². The topological polar surface area (TPSA) is 44.8 Å². The van der Waals surface area contributed by atoms with Gasteiger partial charge in [-0.2, -0.15) is 48.3 Å². The summed E-state index contributed by atoms with van der Waals surface area (Å²) in [5.74, 6) is -35.3. The molecule has 156 valence electrons. The fourth-order valence-corrected chi connectivity index (χ4v) is 1.67. The number of hydrogen-bond acceptors (Lipinski definition) is 4. The minimum atomic E-state index is -7.65. The van der Waals surface area contributed by atoms with Crippen LogP contribution in [0.1, 0.15) is 6.42 Å². The first-order valence-electron chi connectivity index (χ1n) is 6.08. The molecule has 0 N–H and O–H groups in total. The Morgan fingerprint density at radius 1 is 0.654 bits per heavy atom. The van der Waals surface area contributed by atoms with E-state index in [9.17, 15) is 53.1 Å². The summed E-state index contributed by atoms with van der Waals surface area (Å²) in [6.07, 6.45) is -9.35. The lowest BCUT2D eigenvalue weighted by atomic mass is 9.90. The smallest absolute Gasteiger partial charge is 0.460 e. The molecule has 0 aromatic heterocycles. The summed E-state index contributed by atoms with van der Waals surface area (Å²) in [5, 5.41) is 0. The molecule has 0 aromatic rings. The zero-order chi connectivity index (χ0) is 21.4. The quantitative estimate of drug-likeness (QED) is 0.345. The van der Waals surface area contributed by atoms with Gasteiger partial charge in [-0.25, -0.2) is 0 Å². The van der Waals surface area contributed by atoms with E-state index in [0.717, 1.165) is 0 Å². The molecule has 26 heavy (non-hydrogen) atoms. The highest BCUT2D eigenvalue weighted by molar-refractivity contribution is 5.70. The van der Waals surface area contributed by atoms with Gasteiger partial charge in [0.1, 0.15) is 6.42 Å². The molecule has 4 nitrogen and oxygen atoms in total. The Hall–Kier alpha value is -1.38. The van der Waals surface area contributed by atoms with E-state index in [1.165, 1.54) is 0 Å². The molecule has 15 heteroatoms. The lowest BCUT2D eigenvalue weighted by molar-refractivity contribution is -0.456. The minimum absolute atomic E-state index is 0.135. The Morgan fingerprint density at radius 2 is 1.00 bits per heavy atom. The van der Waals surface area contributed by atoms with Gasteiger partial charge in [-0.05, 0) is 0 Å². The second-order valence-corrected chi connectivity index (χ2v) is 4.71. The predicted octanol–water partition coefficient (Wildman–Crippen LogP) is 3.64. The highest BCUT2D eigenvalue weighted by atomic mass is 19.4. The van der Waals surface area contributed by atoms with Crippen molar-refractivity contribution < 1.29 is 67.3 Å². The molecular formula is C11H11F11O4. The van der Waals surface area contributed by atoms with Gasteiger partial charge in [0.15, 0.2) is 0 Å². The maximum absolute atomic E-state index is 14.0. The summed E-state index contributed by atoms with van der Waals surface area (Å²) >= 11 is 0. The molecule has 0 fully saturated rings. The Bertz CT molecular complexity index is 511. The molecule has 0 radical (unpaired) electrons. The predicted molar refractivity (Wildman–Crippen MR) is 59.2 cm³/mol. The van der Waals surface area contributed by atoms with Crippen molar-refractivity contribution in [3.05, 3.63) is 0 Å². The standard InChI is InChI=1S/C11H11F11O4/c1-24-5(23)4-6(25-2,26-3)7(12,13)8(14,15)9(16,17)10(18,19)11(20,21)22/h4H2,1-3H3. The van der Waals surface area contributed by atoms with Crippen molar-refractivity contribution in [3.63, 3.8) is 0 Å². The van der Waals surface area contributed by atoms with Crippen LogP contribution in [-0.2, 0) is 19.0 Å². The van der Waals surface area contributed by atoms with Crippen molar-refractivity contribution in [2.45, 2.75) is 42.1 Å². The summed E-state index contributed by atoms with van der Waals surface area (Å²) in [5.41, 5.74) is 0. The monoisotopic (exact) mass is 416 g/mol. The molecule has 0 saturated heterocycles. The maximum Gasteiger partial charge on any atom is 0.460 e. The third kappa shape index (κ3) is 3.30. The van der Waals surface area contributed by atoms with Gasteiger partial charge in [0, 0.05) is 14.2 Å². The van der Waals surface area contributed by atoms with Crippen LogP contribution in [0.3, 0.4) is 0 Å². The van der Waals surface area contributed by atoms with Crippen LogP contribution in [0.4, 0.5) is 48.3 Å². The van der Waals surface area contributed by atoms with Gasteiger partial charge in [-0.1, -0.05) is 0 Å². The SMILES string of the molecule is COC(=O)CC(OC)(OC)C(F)(F)C(F)(F)C(F)(F)C(F)(F)C(F)(F)F. The van der Waals surface area contributed by atoms with Crippen LogP contribution in [0, 0.1) is 0 Å². The number of alkyl halides is 11. The Morgan fingerprint density at radius 3 is 1.27 bits per heavy atom. The van der Waals surface area contributed by atoms with Crippen LogP contribution >= 0.6 is 0 Å². The van der Waals surface area contributed by atoms with Crippen molar-refractivity contribution in [3.8, 4) is 0 Å². The Kier molecular flexibility index (Phi) is 6.61. The molecule has 0 bridgehead atoms.